The number of fused-ring (bicyclic) bond motifs is 1. The maximum absolute atomic E-state index is 12.4. The van der Waals surface area contributed by atoms with Crippen molar-refractivity contribution in [3.63, 3.8) is 0 Å². The number of carbonyl (C=O) groups is 1. The molecule has 1 aliphatic heterocycles. The van der Waals surface area contributed by atoms with Crippen molar-refractivity contribution in [3.05, 3.63) is 48.4 Å². The Balaban J connectivity index is 1.32. The van der Waals surface area contributed by atoms with Crippen LogP contribution in [0.1, 0.15) is 30.9 Å². The molecule has 0 bridgehead atoms. The van der Waals surface area contributed by atoms with Gasteiger partial charge in [0.05, 0.1) is 11.4 Å². The second-order valence-corrected chi connectivity index (χ2v) is 7.15. The normalized spacial score (nSPS) is 20.1. The highest BCUT2D eigenvalue weighted by atomic mass is 16.2. The van der Waals surface area contributed by atoms with Crippen LogP contribution in [-0.2, 0) is 4.79 Å². The van der Waals surface area contributed by atoms with Gasteiger partial charge in [-0.25, -0.2) is 0 Å². The van der Waals surface area contributed by atoms with Crippen LogP contribution in [-0.4, -0.2) is 38.8 Å². The standard InChI is InChI=1S/C19H20N6O/c26-18-8-13(11-24(18)15-4-2-1-3-5-15)10-20-17-9-16(14-6-7-14)23-25-12-21-22-19(17)25/h1-5,9,12-14,20H,6-8,10-11H2. The number of carbonyl (C=O) groups excluding carboxylic acids is 1. The zero-order chi connectivity index (χ0) is 17.5. The van der Waals surface area contributed by atoms with Crippen molar-refractivity contribution in [2.45, 2.75) is 25.2 Å². The Morgan fingerprint density at radius 3 is 2.85 bits per heavy atom. The molecule has 26 heavy (non-hydrogen) atoms. The highest BCUT2D eigenvalue weighted by molar-refractivity contribution is 5.95. The molecule has 7 heteroatoms. The Hall–Kier alpha value is -2.96. The number of rotatable bonds is 5. The largest absolute Gasteiger partial charge is 0.382 e. The van der Waals surface area contributed by atoms with Crippen LogP contribution < -0.4 is 10.2 Å². The third kappa shape index (κ3) is 2.79. The topological polar surface area (TPSA) is 75.4 Å². The second-order valence-electron chi connectivity index (χ2n) is 7.15. The van der Waals surface area contributed by atoms with Gasteiger partial charge >= 0.3 is 0 Å². The van der Waals surface area contributed by atoms with Crippen molar-refractivity contribution in [1.29, 1.82) is 0 Å². The second kappa shape index (κ2) is 6.09. The Morgan fingerprint density at radius 2 is 2.04 bits per heavy atom. The van der Waals surface area contributed by atoms with E-state index in [9.17, 15) is 4.79 Å². The fourth-order valence-electron chi connectivity index (χ4n) is 3.58. The van der Waals surface area contributed by atoms with E-state index in [0.29, 0.717) is 12.3 Å². The van der Waals surface area contributed by atoms with Gasteiger partial charge in [-0.1, -0.05) is 18.2 Å². The Labute approximate surface area is 151 Å². The molecule has 2 fully saturated rings. The summed E-state index contributed by atoms with van der Waals surface area (Å²) >= 11 is 0. The third-order valence-corrected chi connectivity index (χ3v) is 5.14. The van der Waals surface area contributed by atoms with Gasteiger partial charge in [-0.2, -0.15) is 9.61 Å². The number of nitrogens with zero attached hydrogens (tertiary/aromatic N) is 5. The minimum Gasteiger partial charge on any atom is -0.382 e. The molecule has 5 rings (SSSR count). The van der Waals surface area contributed by atoms with Crippen LogP contribution in [0.4, 0.5) is 11.4 Å². The van der Waals surface area contributed by atoms with Crippen molar-refractivity contribution in [3.8, 4) is 0 Å². The van der Waals surface area contributed by atoms with Gasteiger partial charge in [-0.15, -0.1) is 10.2 Å². The molecular weight excluding hydrogens is 328 g/mol. The first-order valence-electron chi connectivity index (χ1n) is 9.08. The summed E-state index contributed by atoms with van der Waals surface area (Å²) in [5.74, 6) is 1.01. The zero-order valence-corrected chi connectivity index (χ0v) is 14.4. The molecule has 7 nitrogen and oxygen atoms in total. The first kappa shape index (κ1) is 15.3. The van der Waals surface area contributed by atoms with E-state index < -0.39 is 0 Å². The summed E-state index contributed by atoms with van der Waals surface area (Å²) < 4.78 is 1.74. The first-order chi connectivity index (χ1) is 12.8. The highest BCUT2D eigenvalue weighted by Gasteiger charge is 2.31. The lowest BCUT2D eigenvalue weighted by Crippen LogP contribution is -2.25. The van der Waals surface area contributed by atoms with Gasteiger partial charge in [0.1, 0.15) is 6.33 Å². The predicted octanol–water partition coefficient (Wildman–Crippen LogP) is 2.47. The molecule has 2 aliphatic rings. The Kier molecular flexibility index (Phi) is 3.58. The molecule has 1 saturated carbocycles. The number of aromatic nitrogens is 4. The summed E-state index contributed by atoms with van der Waals surface area (Å²) in [6, 6.07) is 12.0. The Bertz CT molecular complexity index is 949. The van der Waals surface area contributed by atoms with Gasteiger partial charge in [0.15, 0.2) is 0 Å². The summed E-state index contributed by atoms with van der Waals surface area (Å²) in [7, 11) is 0. The average Bonchev–Trinajstić information content (AvgIpc) is 3.29. The summed E-state index contributed by atoms with van der Waals surface area (Å²) in [6.07, 6.45) is 4.60. The number of anilines is 2. The van der Waals surface area contributed by atoms with E-state index in [1.165, 1.54) is 12.8 Å². The van der Waals surface area contributed by atoms with Gasteiger partial charge in [0.25, 0.3) is 0 Å². The van der Waals surface area contributed by atoms with E-state index >= 15 is 0 Å². The fraction of sp³-hybridized carbons (Fsp3) is 0.368. The molecule has 1 unspecified atom stereocenters. The molecule has 0 spiro atoms. The number of nitrogens with one attached hydrogen (secondary N) is 1. The molecule has 3 heterocycles. The quantitative estimate of drug-likeness (QED) is 0.767. The maximum Gasteiger partial charge on any atom is 0.227 e. The predicted molar refractivity (Wildman–Crippen MR) is 98.1 cm³/mol. The molecule has 1 N–H and O–H groups in total. The average molecular weight is 348 g/mol. The summed E-state index contributed by atoms with van der Waals surface area (Å²) in [5.41, 5.74) is 3.75. The van der Waals surface area contributed by atoms with E-state index in [0.717, 1.165) is 35.8 Å². The smallest absolute Gasteiger partial charge is 0.227 e. The molecule has 132 valence electrons. The maximum atomic E-state index is 12.4. The lowest BCUT2D eigenvalue weighted by Gasteiger charge is -2.17. The summed E-state index contributed by atoms with van der Waals surface area (Å²) in [4.78, 5) is 14.3. The first-order valence-corrected chi connectivity index (χ1v) is 9.08. The molecule has 1 aromatic carbocycles. The van der Waals surface area contributed by atoms with Gasteiger partial charge in [-0.3, -0.25) is 4.79 Å². The molecule has 3 aromatic rings. The van der Waals surface area contributed by atoms with Crippen molar-refractivity contribution in [2.24, 2.45) is 5.92 Å². The minimum atomic E-state index is 0.184. The molecule has 1 saturated heterocycles. The monoisotopic (exact) mass is 348 g/mol. The van der Waals surface area contributed by atoms with Gasteiger partial charge < -0.3 is 10.2 Å². The molecule has 2 aromatic heterocycles. The zero-order valence-electron chi connectivity index (χ0n) is 14.4. The fourth-order valence-corrected chi connectivity index (χ4v) is 3.58. The van der Waals surface area contributed by atoms with E-state index in [2.05, 4.69) is 26.7 Å². The Morgan fingerprint density at radius 1 is 1.19 bits per heavy atom. The molecular formula is C19H20N6O. The van der Waals surface area contributed by atoms with Crippen LogP contribution in [0.3, 0.4) is 0 Å². The lowest BCUT2D eigenvalue weighted by molar-refractivity contribution is -0.117. The molecule has 1 aliphatic carbocycles. The van der Waals surface area contributed by atoms with E-state index in [-0.39, 0.29) is 11.8 Å². The lowest BCUT2D eigenvalue weighted by atomic mass is 10.1. The molecule has 1 amide bonds. The van der Waals surface area contributed by atoms with Crippen molar-refractivity contribution < 1.29 is 4.79 Å². The van der Waals surface area contributed by atoms with Gasteiger partial charge in [-0.05, 0) is 31.0 Å². The third-order valence-electron chi connectivity index (χ3n) is 5.14. The number of hydrogen-bond acceptors (Lipinski definition) is 5. The summed E-state index contributed by atoms with van der Waals surface area (Å²) in [5, 5.41) is 16.2. The molecule has 0 radical (unpaired) electrons. The number of amides is 1. The minimum absolute atomic E-state index is 0.184. The highest BCUT2D eigenvalue weighted by Crippen LogP contribution is 2.40. The van der Waals surface area contributed by atoms with Crippen molar-refractivity contribution in [2.75, 3.05) is 23.3 Å². The van der Waals surface area contributed by atoms with Gasteiger partial charge in [0, 0.05) is 37.0 Å². The number of benzene rings is 1. The molecule has 1 atom stereocenters. The SMILES string of the molecule is O=C1CC(CNc2cc(C3CC3)nn3cnnc23)CN1c1ccccc1. The van der Waals surface area contributed by atoms with Crippen LogP contribution in [0.25, 0.3) is 5.65 Å². The summed E-state index contributed by atoms with van der Waals surface area (Å²) in [6.45, 7) is 1.46. The van der Waals surface area contributed by atoms with Gasteiger partial charge in [0.2, 0.25) is 11.6 Å². The van der Waals surface area contributed by atoms with Crippen molar-refractivity contribution >= 4 is 22.9 Å². The number of para-hydroxylation sites is 1. The van der Waals surface area contributed by atoms with E-state index in [4.69, 9.17) is 0 Å². The van der Waals surface area contributed by atoms with E-state index in [1.807, 2.05) is 35.2 Å². The van der Waals surface area contributed by atoms with E-state index in [1.54, 1.807) is 10.8 Å². The van der Waals surface area contributed by atoms with Crippen LogP contribution >= 0.6 is 0 Å². The van der Waals surface area contributed by atoms with Crippen molar-refractivity contribution in [1.82, 2.24) is 19.8 Å². The van der Waals surface area contributed by atoms with Crippen LogP contribution in [0.2, 0.25) is 0 Å². The van der Waals surface area contributed by atoms with Crippen LogP contribution in [0.15, 0.2) is 42.7 Å². The van der Waals surface area contributed by atoms with Crippen LogP contribution in [0, 0.1) is 5.92 Å². The van der Waals surface area contributed by atoms with Crippen LogP contribution in [0.5, 0.6) is 0 Å². The number of hydrogen-bond donors (Lipinski definition) is 1.